The highest BCUT2D eigenvalue weighted by molar-refractivity contribution is 4.69. The maximum atomic E-state index is 8.88. The van der Waals surface area contributed by atoms with Crippen molar-refractivity contribution in [2.45, 2.75) is 58.5 Å². The highest BCUT2D eigenvalue weighted by Gasteiger charge is 2.12. The smallest absolute Gasteiger partial charge is 0.0583 e. The van der Waals surface area contributed by atoms with Crippen LogP contribution in [0.4, 0.5) is 0 Å². The van der Waals surface area contributed by atoms with Crippen molar-refractivity contribution in [3.05, 3.63) is 0 Å². The molecule has 15 heavy (non-hydrogen) atoms. The van der Waals surface area contributed by atoms with Crippen LogP contribution in [0.5, 0.6) is 0 Å². The van der Waals surface area contributed by atoms with Crippen LogP contribution < -0.4 is 5.73 Å². The third-order valence-corrected chi connectivity index (χ3v) is 3.03. The van der Waals surface area contributed by atoms with Crippen LogP contribution >= 0.6 is 0 Å². The largest absolute Gasteiger partial charge is 0.395 e. The Kier molecular flexibility index (Phi) is 9.06. The number of unbranched alkanes of at least 4 members (excludes halogenated alkanes) is 1. The molecule has 0 radical (unpaired) electrons. The van der Waals surface area contributed by atoms with E-state index >= 15 is 0 Å². The van der Waals surface area contributed by atoms with Gasteiger partial charge in [0.1, 0.15) is 0 Å². The van der Waals surface area contributed by atoms with Gasteiger partial charge in [0.2, 0.25) is 0 Å². The molecule has 92 valence electrons. The monoisotopic (exact) mass is 216 g/mol. The van der Waals surface area contributed by atoms with Crippen LogP contribution in [-0.4, -0.2) is 41.8 Å². The van der Waals surface area contributed by atoms with Gasteiger partial charge in [-0.2, -0.15) is 0 Å². The van der Waals surface area contributed by atoms with Crippen LogP contribution in [0.25, 0.3) is 0 Å². The van der Waals surface area contributed by atoms with Gasteiger partial charge in [0.15, 0.2) is 0 Å². The first kappa shape index (κ1) is 14.9. The molecule has 0 aromatic heterocycles. The summed E-state index contributed by atoms with van der Waals surface area (Å²) in [5, 5.41) is 8.88. The predicted molar refractivity (Wildman–Crippen MR) is 65.9 cm³/mol. The Morgan fingerprint density at radius 2 is 1.93 bits per heavy atom. The lowest BCUT2D eigenvalue weighted by molar-refractivity contribution is 0.180. The average Bonchev–Trinajstić information content (AvgIpc) is 2.27. The van der Waals surface area contributed by atoms with Crippen molar-refractivity contribution in [3.8, 4) is 0 Å². The fraction of sp³-hybridized carbons (Fsp3) is 1.00. The molecule has 0 heterocycles. The fourth-order valence-electron chi connectivity index (χ4n) is 1.59. The molecule has 0 aromatic rings. The lowest BCUT2D eigenvalue weighted by Crippen LogP contribution is -2.38. The van der Waals surface area contributed by atoms with Gasteiger partial charge in [-0.1, -0.05) is 20.3 Å². The molecule has 3 N–H and O–H groups in total. The molecule has 0 saturated heterocycles. The standard InChI is InChI=1S/C12H28N2O/c1-4-6-8-14(11(3)5-2)9-7-12(13)10-15/h11-12,15H,4-10,13H2,1-3H3. The number of hydrogen-bond acceptors (Lipinski definition) is 3. The molecule has 0 aliphatic carbocycles. The van der Waals surface area contributed by atoms with Crippen LogP contribution in [0.15, 0.2) is 0 Å². The van der Waals surface area contributed by atoms with Crippen molar-refractivity contribution in [1.82, 2.24) is 4.90 Å². The van der Waals surface area contributed by atoms with Crippen molar-refractivity contribution in [2.24, 2.45) is 5.73 Å². The number of hydrogen-bond donors (Lipinski definition) is 2. The van der Waals surface area contributed by atoms with Gasteiger partial charge in [0, 0.05) is 12.1 Å². The van der Waals surface area contributed by atoms with Crippen LogP contribution in [0.2, 0.25) is 0 Å². The highest BCUT2D eigenvalue weighted by atomic mass is 16.3. The zero-order valence-corrected chi connectivity index (χ0v) is 10.6. The average molecular weight is 216 g/mol. The molecule has 2 atom stereocenters. The zero-order chi connectivity index (χ0) is 11.7. The van der Waals surface area contributed by atoms with Gasteiger partial charge < -0.3 is 15.7 Å². The Bertz CT molecular complexity index is 142. The maximum Gasteiger partial charge on any atom is 0.0583 e. The maximum absolute atomic E-state index is 8.88. The van der Waals surface area contributed by atoms with Crippen molar-refractivity contribution in [1.29, 1.82) is 0 Å². The molecule has 0 aliphatic rings. The minimum Gasteiger partial charge on any atom is -0.395 e. The highest BCUT2D eigenvalue weighted by Crippen LogP contribution is 2.07. The molecule has 0 fully saturated rings. The molecule has 3 heteroatoms. The third-order valence-electron chi connectivity index (χ3n) is 3.03. The number of nitrogens with two attached hydrogens (primary N) is 1. The summed E-state index contributed by atoms with van der Waals surface area (Å²) in [4.78, 5) is 2.49. The Morgan fingerprint density at radius 3 is 2.40 bits per heavy atom. The molecule has 3 nitrogen and oxygen atoms in total. The summed E-state index contributed by atoms with van der Waals surface area (Å²) in [6.45, 7) is 8.96. The summed E-state index contributed by atoms with van der Waals surface area (Å²) in [7, 11) is 0. The van der Waals surface area contributed by atoms with Gasteiger partial charge in [0.25, 0.3) is 0 Å². The number of rotatable bonds is 9. The second-order valence-corrected chi connectivity index (χ2v) is 4.38. The first-order valence-corrected chi connectivity index (χ1v) is 6.26. The Morgan fingerprint density at radius 1 is 1.27 bits per heavy atom. The van der Waals surface area contributed by atoms with Crippen molar-refractivity contribution >= 4 is 0 Å². The molecule has 0 aromatic carbocycles. The molecule has 0 aliphatic heterocycles. The molecular formula is C12H28N2O. The number of nitrogens with zero attached hydrogens (tertiary/aromatic N) is 1. The normalized spacial score (nSPS) is 15.6. The Hall–Kier alpha value is -0.120. The quantitative estimate of drug-likeness (QED) is 0.615. The summed E-state index contributed by atoms with van der Waals surface area (Å²) in [5.41, 5.74) is 5.71. The Balaban J connectivity index is 3.89. The molecule has 0 bridgehead atoms. The van der Waals surface area contributed by atoms with Crippen LogP contribution in [-0.2, 0) is 0 Å². The fourth-order valence-corrected chi connectivity index (χ4v) is 1.59. The van der Waals surface area contributed by atoms with E-state index in [4.69, 9.17) is 10.8 Å². The van der Waals surface area contributed by atoms with E-state index in [9.17, 15) is 0 Å². The number of aliphatic hydroxyl groups excluding tert-OH is 1. The van der Waals surface area contributed by atoms with Gasteiger partial charge in [-0.25, -0.2) is 0 Å². The Labute approximate surface area is 94.6 Å². The summed E-state index contributed by atoms with van der Waals surface area (Å²) >= 11 is 0. The molecule has 0 saturated carbocycles. The van der Waals surface area contributed by atoms with E-state index < -0.39 is 0 Å². The summed E-state index contributed by atoms with van der Waals surface area (Å²) < 4.78 is 0. The number of aliphatic hydroxyl groups is 1. The molecule has 0 amide bonds. The van der Waals surface area contributed by atoms with E-state index in [0.717, 1.165) is 19.5 Å². The first-order chi connectivity index (χ1) is 7.15. The minimum absolute atomic E-state index is 0.0572. The zero-order valence-electron chi connectivity index (χ0n) is 10.6. The second kappa shape index (κ2) is 9.13. The summed E-state index contributed by atoms with van der Waals surface area (Å²) in [6.07, 6.45) is 4.56. The lowest BCUT2D eigenvalue weighted by atomic mass is 10.1. The molecule has 0 spiro atoms. The van der Waals surface area contributed by atoms with Crippen LogP contribution in [0.1, 0.15) is 46.5 Å². The van der Waals surface area contributed by atoms with Crippen molar-refractivity contribution in [3.63, 3.8) is 0 Å². The van der Waals surface area contributed by atoms with Gasteiger partial charge in [-0.15, -0.1) is 0 Å². The van der Waals surface area contributed by atoms with Gasteiger partial charge in [-0.05, 0) is 39.3 Å². The minimum atomic E-state index is -0.0572. The third kappa shape index (κ3) is 6.88. The predicted octanol–water partition coefficient (Wildman–Crippen LogP) is 1.60. The van der Waals surface area contributed by atoms with Gasteiger partial charge in [-0.3, -0.25) is 0 Å². The SMILES string of the molecule is CCCCN(CCC(N)CO)C(C)CC. The van der Waals surface area contributed by atoms with E-state index in [1.165, 1.54) is 19.3 Å². The second-order valence-electron chi connectivity index (χ2n) is 4.38. The van der Waals surface area contributed by atoms with E-state index in [2.05, 4.69) is 25.7 Å². The van der Waals surface area contributed by atoms with Gasteiger partial charge in [0.05, 0.1) is 6.61 Å². The summed E-state index contributed by atoms with van der Waals surface area (Å²) in [6, 6.07) is 0.570. The van der Waals surface area contributed by atoms with E-state index in [-0.39, 0.29) is 12.6 Å². The molecule has 0 rings (SSSR count). The van der Waals surface area contributed by atoms with Crippen LogP contribution in [0, 0.1) is 0 Å². The topological polar surface area (TPSA) is 49.5 Å². The summed E-state index contributed by atoms with van der Waals surface area (Å²) in [5.74, 6) is 0. The van der Waals surface area contributed by atoms with Crippen molar-refractivity contribution < 1.29 is 5.11 Å². The van der Waals surface area contributed by atoms with E-state index in [1.54, 1.807) is 0 Å². The molecular weight excluding hydrogens is 188 g/mol. The molecule has 2 unspecified atom stereocenters. The lowest BCUT2D eigenvalue weighted by Gasteiger charge is -2.29. The first-order valence-electron chi connectivity index (χ1n) is 6.26. The van der Waals surface area contributed by atoms with Gasteiger partial charge >= 0.3 is 0 Å². The van der Waals surface area contributed by atoms with Crippen molar-refractivity contribution in [2.75, 3.05) is 19.7 Å². The van der Waals surface area contributed by atoms with E-state index in [0.29, 0.717) is 6.04 Å². The van der Waals surface area contributed by atoms with E-state index in [1.807, 2.05) is 0 Å². The van der Waals surface area contributed by atoms with Crippen LogP contribution in [0.3, 0.4) is 0 Å².